The molecule has 1 unspecified atom stereocenters. The zero-order chi connectivity index (χ0) is 13.7. The van der Waals surface area contributed by atoms with Crippen molar-refractivity contribution in [2.24, 2.45) is 0 Å². The first-order valence-corrected chi connectivity index (χ1v) is 7.87. The van der Waals surface area contributed by atoms with Gasteiger partial charge in [-0.3, -0.25) is 4.79 Å². The number of nitrogens with one attached hydrogen (secondary N) is 2. The van der Waals surface area contributed by atoms with Crippen LogP contribution in [-0.2, 0) is 9.53 Å². The Morgan fingerprint density at radius 3 is 2.74 bits per heavy atom. The lowest BCUT2D eigenvalue weighted by Crippen LogP contribution is -2.53. The normalized spacial score (nSPS) is 30.8. The molecule has 1 amide bonds. The molecule has 0 aromatic carbocycles. The van der Waals surface area contributed by atoms with Crippen LogP contribution in [0.5, 0.6) is 0 Å². The van der Waals surface area contributed by atoms with E-state index in [0.717, 1.165) is 51.7 Å². The van der Waals surface area contributed by atoms with Gasteiger partial charge in [0.05, 0.1) is 11.6 Å². The lowest BCUT2D eigenvalue weighted by molar-refractivity contribution is -0.128. The fourth-order valence-electron chi connectivity index (χ4n) is 3.27. The molecule has 0 aromatic rings. The van der Waals surface area contributed by atoms with Crippen molar-refractivity contribution in [3.8, 4) is 0 Å². The van der Waals surface area contributed by atoms with Gasteiger partial charge in [0.1, 0.15) is 0 Å². The van der Waals surface area contributed by atoms with Gasteiger partial charge in [-0.1, -0.05) is 20.3 Å². The van der Waals surface area contributed by atoms with Crippen molar-refractivity contribution in [3.05, 3.63) is 0 Å². The van der Waals surface area contributed by atoms with Crippen molar-refractivity contribution in [1.82, 2.24) is 10.6 Å². The van der Waals surface area contributed by atoms with Crippen LogP contribution in [0.2, 0.25) is 0 Å². The van der Waals surface area contributed by atoms with Gasteiger partial charge in [-0.05, 0) is 45.1 Å². The van der Waals surface area contributed by atoms with E-state index in [1.54, 1.807) is 0 Å². The van der Waals surface area contributed by atoms with Crippen LogP contribution >= 0.6 is 0 Å². The lowest BCUT2D eigenvalue weighted by atomic mass is 9.85. The summed E-state index contributed by atoms with van der Waals surface area (Å²) in [5.41, 5.74) is -0.0177. The van der Waals surface area contributed by atoms with Gasteiger partial charge in [0.25, 0.3) is 0 Å². The Hall–Kier alpha value is -0.610. The van der Waals surface area contributed by atoms with Crippen LogP contribution in [0, 0.1) is 0 Å². The highest BCUT2D eigenvalue weighted by Crippen LogP contribution is 2.31. The second kappa shape index (κ2) is 6.71. The van der Waals surface area contributed by atoms with Crippen molar-refractivity contribution in [3.63, 3.8) is 0 Å². The molecule has 0 spiro atoms. The van der Waals surface area contributed by atoms with E-state index in [0.29, 0.717) is 0 Å². The smallest absolute Gasteiger partial charge is 0.237 e. The molecule has 0 aliphatic carbocycles. The number of carbonyl (C=O) groups is 1. The number of piperidine rings is 1. The van der Waals surface area contributed by atoms with Gasteiger partial charge < -0.3 is 15.4 Å². The Kier molecular flexibility index (Phi) is 5.22. The predicted octanol–water partition coefficient (Wildman–Crippen LogP) is 1.98. The predicted molar refractivity (Wildman–Crippen MR) is 76.1 cm³/mol. The average Bonchev–Trinajstić information content (AvgIpc) is 2.48. The third-order valence-corrected chi connectivity index (χ3v) is 4.75. The summed E-state index contributed by atoms with van der Waals surface area (Å²) < 4.78 is 5.95. The topological polar surface area (TPSA) is 50.4 Å². The quantitative estimate of drug-likeness (QED) is 0.820. The maximum absolute atomic E-state index is 12.2. The first-order valence-electron chi connectivity index (χ1n) is 7.87. The molecule has 0 saturated carbocycles. The highest BCUT2D eigenvalue weighted by atomic mass is 16.5. The molecule has 2 atom stereocenters. The van der Waals surface area contributed by atoms with Gasteiger partial charge in [0, 0.05) is 12.6 Å². The molecule has 0 radical (unpaired) electrons. The van der Waals surface area contributed by atoms with E-state index in [4.69, 9.17) is 4.74 Å². The van der Waals surface area contributed by atoms with Crippen LogP contribution in [0.3, 0.4) is 0 Å². The van der Waals surface area contributed by atoms with Gasteiger partial charge in [-0.2, -0.15) is 0 Å². The number of amides is 1. The number of ether oxygens (including phenoxy) is 1. The minimum atomic E-state index is -0.0177. The molecule has 19 heavy (non-hydrogen) atoms. The lowest BCUT2D eigenvalue weighted by Gasteiger charge is -2.40. The second-order valence-corrected chi connectivity index (χ2v) is 5.94. The molecule has 2 aliphatic heterocycles. The Labute approximate surface area is 116 Å². The monoisotopic (exact) mass is 268 g/mol. The van der Waals surface area contributed by atoms with Crippen LogP contribution < -0.4 is 10.6 Å². The molecule has 0 bridgehead atoms. The highest BCUT2D eigenvalue weighted by molar-refractivity contribution is 5.82. The number of hydrogen-bond acceptors (Lipinski definition) is 3. The molecule has 2 N–H and O–H groups in total. The molecule has 2 fully saturated rings. The van der Waals surface area contributed by atoms with Crippen molar-refractivity contribution < 1.29 is 9.53 Å². The summed E-state index contributed by atoms with van der Waals surface area (Å²) in [6.07, 6.45) is 7.28. The van der Waals surface area contributed by atoms with Gasteiger partial charge in [-0.25, -0.2) is 0 Å². The molecular weight excluding hydrogens is 240 g/mol. The molecular formula is C15H28N2O2. The van der Waals surface area contributed by atoms with Crippen molar-refractivity contribution in [2.45, 2.75) is 76.5 Å². The van der Waals surface area contributed by atoms with Gasteiger partial charge in [0.15, 0.2) is 0 Å². The molecule has 2 heterocycles. The van der Waals surface area contributed by atoms with E-state index in [9.17, 15) is 4.79 Å². The molecule has 110 valence electrons. The maximum Gasteiger partial charge on any atom is 0.237 e. The minimum absolute atomic E-state index is 0.0177. The van der Waals surface area contributed by atoms with E-state index in [1.807, 2.05) is 0 Å². The number of rotatable bonds is 4. The van der Waals surface area contributed by atoms with Crippen molar-refractivity contribution >= 4 is 5.91 Å². The molecule has 0 aromatic heterocycles. The summed E-state index contributed by atoms with van der Waals surface area (Å²) in [5, 5.41) is 6.54. The summed E-state index contributed by atoms with van der Waals surface area (Å²) in [5.74, 6) is 0.188. The summed E-state index contributed by atoms with van der Waals surface area (Å²) >= 11 is 0. The zero-order valence-electron chi connectivity index (χ0n) is 12.3. The molecule has 4 nitrogen and oxygen atoms in total. The summed E-state index contributed by atoms with van der Waals surface area (Å²) in [4.78, 5) is 12.2. The van der Waals surface area contributed by atoms with Crippen LogP contribution in [-0.4, -0.2) is 36.7 Å². The summed E-state index contributed by atoms with van der Waals surface area (Å²) in [6, 6.07) is 0.305. The Bertz CT molecular complexity index is 297. The second-order valence-electron chi connectivity index (χ2n) is 5.94. The fraction of sp³-hybridized carbons (Fsp3) is 0.933. The largest absolute Gasteiger partial charge is 0.375 e. The molecule has 2 saturated heterocycles. The van der Waals surface area contributed by atoms with Crippen LogP contribution in [0.4, 0.5) is 0 Å². The van der Waals surface area contributed by atoms with Crippen LogP contribution in [0.15, 0.2) is 0 Å². The first-order chi connectivity index (χ1) is 9.19. The zero-order valence-corrected chi connectivity index (χ0v) is 12.3. The minimum Gasteiger partial charge on any atom is -0.375 e. The van der Waals surface area contributed by atoms with E-state index in [2.05, 4.69) is 24.5 Å². The van der Waals surface area contributed by atoms with Crippen LogP contribution in [0.1, 0.15) is 58.8 Å². The molecule has 4 heteroatoms. The Morgan fingerprint density at radius 1 is 1.32 bits per heavy atom. The van der Waals surface area contributed by atoms with Crippen molar-refractivity contribution in [2.75, 3.05) is 13.2 Å². The maximum atomic E-state index is 12.2. The molecule has 2 rings (SSSR count). The highest BCUT2D eigenvalue weighted by Gasteiger charge is 2.35. The average molecular weight is 268 g/mol. The number of carbonyl (C=O) groups excluding carboxylic acids is 1. The SMILES string of the molecule is CCC1(CC)CC(NC(=O)[C@@H]2CCCCN2)CCO1. The van der Waals surface area contributed by atoms with E-state index in [1.165, 1.54) is 6.42 Å². The van der Waals surface area contributed by atoms with E-state index < -0.39 is 0 Å². The van der Waals surface area contributed by atoms with E-state index in [-0.39, 0.29) is 23.6 Å². The van der Waals surface area contributed by atoms with E-state index >= 15 is 0 Å². The van der Waals surface area contributed by atoms with Crippen LogP contribution in [0.25, 0.3) is 0 Å². The van der Waals surface area contributed by atoms with Gasteiger partial charge >= 0.3 is 0 Å². The summed E-state index contributed by atoms with van der Waals surface area (Å²) in [6.45, 7) is 6.09. The van der Waals surface area contributed by atoms with Gasteiger partial charge in [-0.15, -0.1) is 0 Å². The van der Waals surface area contributed by atoms with Crippen molar-refractivity contribution in [1.29, 1.82) is 0 Å². The first kappa shape index (κ1) is 14.8. The number of hydrogen-bond donors (Lipinski definition) is 2. The standard InChI is InChI=1S/C15H28N2O2/c1-3-15(4-2)11-12(8-10-19-15)17-14(18)13-7-5-6-9-16-13/h12-13,16H,3-11H2,1-2H3,(H,17,18)/t12?,13-/m0/s1. The third-order valence-electron chi connectivity index (χ3n) is 4.75. The third kappa shape index (κ3) is 3.69. The van der Waals surface area contributed by atoms with Gasteiger partial charge in [0.2, 0.25) is 5.91 Å². The Morgan fingerprint density at radius 2 is 2.11 bits per heavy atom. The summed E-state index contributed by atoms with van der Waals surface area (Å²) in [7, 11) is 0. The molecule has 2 aliphatic rings. The fourth-order valence-corrected chi connectivity index (χ4v) is 3.27. The Balaban J connectivity index is 1.86.